The summed E-state index contributed by atoms with van der Waals surface area (Å²) in [6.45, 7) is 3.77. The van der Waals surface area contributed by atoms with Gasteiger partial charge in [0, 0.05) is 17.3 Å². The number of aryl methyl sites for hydroxylation is 3. The lowest BCUT2D eigenvalue weighted by atomic mass is 9.87. The number of aromatic nitrogens is 2. The van der Waals surface area contributed by atoms with Gasteiger partial charge in [0.1, 0.15) is 11.6 Å². The Kier molecular flexibility index (Phi) is 3.88. The van der Waals surface area contributed by atoms with E-state index in [4.69, 9.17) is 0 Å². The molecule has 0 unspecified atom stereocenters. The van der Waals surface area contributed by atoms with Crippen molar-refractivity contribution < 1.29 is 14.3 Å². The smallest absolute Gasteiger partial charge is 0.307 e. The molecule has 0 radical (unpaired) electrons. The van der Waals surface area contributed by atoms with E-state index in [1.165, 1.54) is 12.1 Å². The fraction of sp³-hybridized carbons (Fsp3) is 0.389. The lowest BCUT2D eigenvalue weighted by Crippen LogP contribution is -2.17. The molecule has 1 aliphatic carbocycles. The Labute approximate surface area is 134 Å². The average Bonchev–Trinajstić information content (AvgIpc) is 3.23. The maximum absolute atomic E-state index is 13.6. The number of benzene rings is 1. The van der Waals surface area contributed by atoms with Gasteiger partial charge in [-0.1, -0.05) is 12.1 Å². The highest BCUT2D eigenvalue weighted by Gasteiger charge is 2.59. The molecule has 0 bridgehead atoms. The molecule has 1 aromatic carbocycles. The zero-order valence-electron chi connectivity index (χ0n) is 13.2. The monoisotopic (exact) mass is 314 g/mol. The van der Waals surface area contributed by atoms with Gasteiger partial charge in [-0.2, -0.15) is 0 Å². The molecular weight excluding hydrogens is 295 g/mol. The quantitative estimate of drug-likeness (QED) is 0.920. The van der Waals surface area contributed by atoms with Gasteiger partial charge < -0.3 is 5.11 Å². The van der Waals surface area contributed by atoms with Crippen LogP contribution in [0.25, 0.3) is 0 Å². The van der Waals surface area contributed by atoms with Crippen LogP contribution in [-0.2, 0) is 16.6 Å². The summed E-state index contributed by atoms with van der Waals surface area (Å²) in [5, 5.41) is 9.39. The summed E-state index contributed by atoms with van der Waals surface area (Å²) in [4.78, 5) is 20.0. The van der Waals surface area contributed by atoms with Gasteiger partial charge in [-0.05, 0) is 56.4 Å². The molecule has 120 valence electrons. The Morgan fingerprint density at radius 1 is 1.43 bits per heavy atom. The first-order chi connectivity index (χ1) is 10.9. The number of carbonyl (C=O) groups is 1. The SMILES string of the molecule is Cc1ncc(CC[C@@]2(c3cccc(F)c3)C[C@H]2C(=O)O)c(C)n1. The van der Waals surface area contributed by atoms with Crippen LogP contribution in [0.4, 0.5) is 4.39 Å². The first-order valence-electron chi connectivity index (χ1n) is 7.70. The molecule has 5 heteroatoms. The van der Waals surface area contributed by atoms with Crippen molar-refractivity contribution in [1.82, 2.24) is 9.97 Å². The molecule has 1 aromatic heterocycles. The molecular formula is C18H19FN2O2. The fourth-order valence-corrected chi connectivity index (χ4v) is 3.38. The molecule has 2 aromatic rings. The van der Waals surface area contributed by atoms with E-state index in [0.717, 1.165) is 22.6 Å². The van der Waals surface area contributed by atoms with Gasteiger partial charge in [-0.3, -0.25) is 4.79 Å². The highest BCUT2D eigenvalue weighted by molar-refractivity contribution is 5.77. The zero-order chi connectivity index (χ0) is 16.6. The highest BCUT2D eigenvalue weighted by atomic mass is 19.1. The number of rotatable bonds is 5. The van der Waals surface area contributed by atoms with E-state index >= 15 is 0 Å². The second kappa shape index (κ2) is 5.72. The lowest BCUT2D eigenvalue weighted by Gasteiger charge is -2.18. The van der Waals surface area contributed by atoms with E-state index in [9.17, 15) is 14.3 Å². The maximum atomic E-state index is 13.6. The van der Waals surface area contributed by atoms with Gasteiger partial charge in [0.15, 0.2) is 0 Å². The van der Waals surface area contributed by atoms with Gasteiger partial charge in [-0.15, -0.1) is 0 Å². The number of halogens is 1. The summed E-state index contributed by atoms with van der Waals surface area (Å²) in [5.41, 5.74) is 2.23. The Balaban J connectivity index is 1.85. The summed E-state index contributed by atoms with van der Waals surface area (Å²) >= 11 is 0. The average molecular weight is 314 g/mol. The normalized spacial score (nSPS) is 22.8. The van der Waals surface area contributed by atoms with Crippen LogP contribution in [0.1, 0.15) is 35.5 Å². The van der Waals surface area contributed by atoms with Crippen molar-refractivity contribution >= 4 is 5.97 Å². The first-order valence-corrected chi connectivity index (χ1v) is 7.70. The van der Waals surface area contributed by atoms with Crippen LogP contribution in [0.3, 0.4) is 0 Å². The van der Waals surface area contributed by atoms with Crippen LogP contribution in [0.5, 0.6) is 0 Å². The van der Waals surface area contributed by atoms with Crippen LogP contribution in [0.2, 0.25) is 0 Å². The molecule has 3 rings (SSSR count). The van der Waals surface area contributed by atoms with E-state index in [0.29, 0.717) is 19.3 Å². The largest absolute Gasteiger partial charge is 0.481 e. The van der Waals surface area contributed by atoms with E-state index in [-0.39, 0.29) is 5.82 Å². The standard InChI is InChI=1S/C18H19FN2O2/c1-11-13(10-20-12(2)21-11)6-7-18(9-16(18)17(22)23)14-4-3-5-15(19)8-14/h3-5,8,10,16H,6-7,9H2,1-2H3,(H,22,23)/t16-,18-/m0/s1. The van der Waals surface area contributed by atoms with Crippen LogP contribution in [0.15, 0.2) is 30.5 Å². The topological polar surface area (TPSA) is 63.1 Å². The van der Waals surface area contributed by atoms with Gasteiger partial charge in [0.05, 0.1) is 5.92 Å². The predicted octanol–water partition coefficient (Wildman–Crippen LogP) is 3.21. The Morgan fingerprint density at radius 3 is 2.83 bits per heavy atom. The van der Waals surface area contributed by atoms with Gasteiger partial charge in [0.2, 0.25) is 0 Å². The van der Waals surface area contributed by atoms with Crippen molar-refractivity contribution in [3.05, 3.63) is 58.9 Å². The molecule has 2 atom stereocenters. The molecule has 1 heterocycles. The second-order valence-corrected chi connectivity index (χ2v) is 6.29. The minimum absolute atomic E-state index is 0.326. The van der Waals surface area contributed by atoms with E-state index in [1.54, 1.807) is 12.3 Å². The number of hydrogen-bond donors (Lipinski definition) is 1. The minimum atomic E-state index is -0.814. The number of aliphatic carboxylic acids is 1. The molecule has 4 nitrogen and oxygen atoms in total. The second-order valence-electron chi connectivity index (χ2n) is 6.29. The maximum Gasteiger partial charge on any atom is 0.307 e. The van der Waals surface area contributed by atoms with Crippen molar-refractivity contribution in [1.29, 1.82) is 0 Å². The third-order valence-electron chi connectivity index (χ3n) is 4.81. The van der Waals surface area contributed by atoms with E-state index < -0.39 is 17.3 Å². The van der Waals surface area contributed by atoms with Crippen molar-refractivity contribution in [3.63, 3.8) is 0 Å². The fourth-order valence-electron chi connectivity index (χ4n) is 3.38. The molecule has 0 spiro atoms. The molecule has 1 aliphatic rings. The summed E-state index contributed by atoms with van der Waals surface area (Å²) in [5.74, 6) is -0.865. The summed E-state index contributed by atoms with van der Waals surface area (Å²) in [6.07, 6.45) is 3.69. The molecule has 0 amide bonds. The van der Waals surface area contributed by atoms with Gasteiger partial charge in [-0.25, -0.2) is 14.4 Å². The van der Waals surface area contributed by atoms with Crippen molar-refractivity contribution in [3.8, 4) is 0 Å². The Hall–Kier alpha value is -2.30. The predicted molar refractivity (Wildman–Crippen MR) is 83.6 cm³/mol. The summed E-state index contributed by atoms with van der Waals surface area (Å²) in [7, 11) is 0. The third kappa shape index (κ3) is 2.96. The number of nitrogens with zero attached hydrogens (tertiary/aromatic N) is 2. The van der Waals surface area contributed by atoms with E-state index in [2.05, 4.69) is 9.97 Å². The molecule has 1 saturated carbocycles. The zero-order valence-corrected chi connectivity index (χ0v) is 13.2. The van der Waals surface area contributed by atoms with Crippen molar-refractivity contribution in [2.75, 3.05) is 0 Å². The number of carboxylic acid groups (broad SMARTS) is 1. The van der Waals surface area contributed by atoms with Gasteiger partial charge in [0.25, 0.3) is 0 Å². The van der Waals surface area contributed by atoms with Crippen molar-refractivity contribution in [2.45, 2.75) is 38.5 Å². The number of hydrogen-bond acceptors (Lipinski definition) is 3. The molecule has 0 saturated heterocycles. The molecule has 1 N–H and O–H groups in total. The molecule has 23 heavy (non-hydrogen) atoms. The molecule has 0 aliphatic heterocycles. The van der Waals surface area contributed by atoms with E-state index in [1.807, 2.05) is 19.9 Å². The van der Waals surface area contributed by atoms with Crippen LogP contribution in [0, 0.1) is 25.6 Å². The van der Waals surface area contributed by atoms with Crippen LogP contribution < -0.4 is 0 Å². The van der Waals surface area contributed by atoms with Crippen LogP contribution in [-0.4, -0.2) is 21.0 Å². The molecule has 1 fully saturated rings. The highest BCUT2D eigenvalue weighted by Crippen LogP contribution is 2.57. The first kappa shape index (κ1) is 15.6. The third-order valence-corrected chi connectivity index (χ3v) is 4.81. The number of carboxylic acids is 1. The van der Waals surface area contributed by atoms with Gasteiger partial charge >= 0.3 is 5.97 Å². The Bertz CT molecular complexity index is 762. The minimum Gasteiger partial charge on any atom is -0.481 e. The summed E-state index contributed by atoms with van der Waals surface area (Å²) in [6, 6.07) is 6.31. The van der Waals surface area contributed by atoms with Crippen molar-refractivity contribution in [2.24, 2.45) is 5.92 Å². The summed E-state index contributed by atoms with van der Waals surface area (Å²) < 4.78 is 13.6. The Morgan fingerprint density at radius 2 is 2.22 bits per heavy atom. The lowest BCUT2D eigenvalue weighted by molar-refractivity contribution is -0.139. The van der Waals surface area contributed by atoms with Crippen LogP contribution >= 0.6 is 0 Å².